The lowest BCUT2D eigenvalue weighted by atomic mass is 10.1. The van der Waals surface area contributed by atoms with Crippen molar-refractivity contribution in [1.29, 1.82) is 5.26 Å². The van der Waals surface area contributed by atoms with E-state index < -0.39 is 12.1 Å². The van der Waals surface area contributed by atoms with Crippen LogP contribution in [0.5, 0.6) is 11.5 Å². The zero-order valence-electron chi connectivity index (χ0n) is 9.21. The number of aromatic nitrogens is 1. The first-order valence-electron chi connectivity index (χ1n) is 4.66. The Hall–Kier alpha value is -1.68. The first-order chi connectivity index (χ1) is 8.42. The summed E-state index contributed by atoms with van der Waals surface area (Å²) >= 11 is 5.58. The van der Waals surface area contributed by atoms with Crippen molar-refractivity contribution in [1.82, 2.24) is 4.98 Å². The molecule has 8 heteroatoms. The van der Waals surface area contributed by atoms with Gasteiger partial charge >= 0.3 is 6.36 Å². The molecule has 0 aliphatic heterocycles. The second-order valence-corrected chi connectivity index (χ2v) is 3.36. The lowest BCUT2D eigenvalue weighted by Crippen LogP contribution is -2.20. The quantitative estimate of drug-likeness (QED) is 0.796. The van der Waals surface area contributed by atoms with Gasteiger partial charge in [0.05, 0.1) is 42.9 Å². The molecule has 0 atom stereocenters. The molecule has 0 saturated heterocycles. The van der Waals surface area contributed by atoms with E-state index in [1.54, 1.807) is 6.07 Å². The molecule has 0 radical (unpaired) electrons. The number of rotatable bonds is 4. The van der Waals surface area contributed by atoms with Gasteiger partial charge in [-0.25, -0.2) is 0 Å². The van der Waals surface area contributed by atoms with Gasteiger partial charge in [-0.3, -0.25) is 4.98 Å². The van der Waals surface area contributed by atoms with Gasteiger partial charge in [0, 0.05) is 0 Å². The minimum atomic E-state index is -4.89. The Morgan fingerprint density at radius 2 is 2.17 bits per heavy atom. The molecule has 4 nitrogen and oxygen atoms in total. The largest absolute Gasteiger partial charge is 0.573 e. The third-order valence-electron chi connectivity index (χ3n) is 1.99. The van der Waals surface area contributed by atoms with Crippen LogP contribution in [0.3, 0.4) is 0 Å². The van der Waals surface area contributed by atoms with Gasteiger partial charge in [0.15, 0.2) is 5.75 Å². The fraction of sp³-hybridized carbons (Fsp3) is 0.400. The van der Waals surface area contributed by atoms with Crippen LogP contribution in [0.4, 0.5) is 13.2 Å². The molecule has 0 aliphatic carbocycles. The smallest absolute Gasteiger partial charge is 0.495 e. The second kappa shape index (κ2) is 5.78. The van der Waals surface area contributed by atoms with Crippen LogP contribution in [0.1, 0.15) is 11.3 Å². The van der Waals surface area contributed by atoms with Gasteiger partial charge in [0.1, 0.15) is 5.75 Å². The summed E-state index contributed by atoms with van der Waals surface area (Å²) in [6.07, 6.45) is -4.01. The highest BCUT2D eigenvalue weighted by molar-refractivity contribution is 6.17. The number of hydrogen-bond acceptors (Lipinski definition) is 4. The van der Waals surface area contributed by atoms with Gasteiger partial charge in [-0.05, 0) is 0 Å². The van der Waals surface area contributed by atoms with Gasteiger partial charge in [0.2, 0.25) is 0 Å². The lowest BCUT2D eigenvalue weighted by Gasteiger charge is -2.16. The highest BCUT2D eigenvalue weighted by atomic mass is 35.5. The molecule has 0 saturated carbocycles. The molecule has 0 amide bonds. The Kier molecular flexibility index (Phi) is 4.62. The molecule has 0 bridgehead atoms. The maximum Gasteiger partial charge on any atom is 0.573 e. The van der Waals surface area contributed by atoms with E-state index in [1.165, 1.54) is 13.3 Å². The monoisotopic (exact) mass is 280 g/mol. The average Bonchev–Trinajstić information content (AvgIpc) is 2.29. The Morgan fingerprint density at radius 3 is 2.61 bits per heavy atom. The minimum absolute atomic E-state index is 0.0109. The normalized spacial score (nSPS) is 10.9. The molecule has 0 fully saturated rings. The van der Waals surface area contributed by atoms with Crippen LogP contribution < -0.4 is 9.47 Å². The third kappa shape index (κ3) is 3.40. The maximum absolute atomic E-state index is 12.3. The summed E-state index contributed by atoms with van der Waals surface area (Å²) in [4.78, 5) is 3.70. The Balaban J connectivity index is 3.34. The molecule has 18 heavy (non-hydrogen) atoms. The highest BCUT2D eigenvalue weighted by Gasteiger charge is 2.34. The predicted octanol–water partition coefficient (Wildman–Crippen LogP) is 2.79. The van der Waals surface area contributed by atoms with Crippen LogP contribution in [0, 0.1) is 11.3 Å². The Morgan fingerprint density at radius 1 is 1.50 bits per heavy atom. The Labute approximate surface area is 106 Å². The van der Waals surface area contributed by atoms with Gasteiger partial charge < -0.3 is 9.47 Å². The van der Waals surface area contributed by atoms with Crippen molar-refractivity contribution in [3.05, 3.63) is 17.5 Å². The van der Waals surface area contributed by atoms with Crippen molar-refractivity contribution in [2.75, 3.05) is 7.11 Å². The number of methoxy groups -OCH3 is 1. The average molecular weight is 281 g/mol. The first kappa shape index (κ1) is 14.4. The molecule has 1 aromatic heterocycles. The summed E-state index contributed by atoms with van der Waals surface area (Å²) in [5, 5.41) is 8.54. The van der Waals surface area contributed by atoms with Crippen molar-refractivity contribution < 1.29 is 22.6 Å². The van der Waals surface area contributed by atoms with Gasteiger partial charge in [-0.2, -0.15) is 5.26 Å². The minimum Gasteiger partial charge on any atom is -0.495 e. The first-order valence-corrected chi connectivity index (χ1v) is 5.19. The molecule has 0 spiro atoms. The van der Waals surface area contributed by atoms with Crippen molar-refractivity contribution in [2.24, 2.45) is 0 Å². The van der Waals surface area contributed by atoms with Crippen LogP contribution >= 0.6 is 11.6 Å². The number of halogens is 4. The molecular formula is C10H8ClF3N2O2. The number of ether oxygens (including phenoxy) is 2. The van der Waals surface area contributed by atoms with E-state index in [-0.39, 0.29) is 29.3 Å². The standard InChI is InChI=1S/C10H8ClF3N2O2/c1-17-8-5-16-7(2-3-15)9(6(8)4-11)18-10(12,13)14/h5H,2,4H2,1H3. The highest BCUT2D eigenvalue weighted by Crippen LogP contribution is 2.35. The SMILES string of the molecule is COc1cnc(CC#N)c(OC(F)(F)F)c1CCl. The van der Waals surface area contributed by atoms with Gasteiger partial charge in [-0.15, -0.1) is 24.8 Å². The number of alkyl halides is 4. The molecule has 0 aromatic carbocycles. The number of nitriles is 1. The second-order valence-electron chi connectivity index (χ2n) is 3.10. The maximum atomic E-state index is 12.3. The van der Waals surface area contributed by atoms with Crippen LogP contribution in [0.2, 0.25) is 0 Å². The summed E-state index contributed by atoms with van der Waals surface area (Å²) in [6, 6.07) is 1.71. The molecule has 0 N–H and O–H groups in total. The molecular weight excluding hydrogens is 273 g/mol. The topological polar surface area (TPSA) is 55.1 Å². The predicted molar refractivity (Wildman–Crippen MR) is 56.3 cm³/mol. The van der Waals surface area contributed by atoms with Crippen molar-refractivity contribution in [3.63, 3.8) is 0 Å². The van der Waals surface area contributed by atoms with Crippen molar-refractivity contribution in [3.8, 4) is 17.6 Å². The van der Waals surface area contributed by atoms with Crippen LogP contribution in [0.15, 0.2) is 6.20 Å². The van der Waals surface area contributed by atoms with Crippen LogP contribution in [-0.2, 0) is 12.3 Å². The zero-order valence-corrected chi connectivity index (χ0v) is 9.97. The number of hydrogen-bond donors (Lipinski definition) is 0. The molecule has 1 aromatic rings. The van der Waals surface area contributed by atoms with Gasteiger partial charge in [0.25, 0.3) is 0 Å². The van der Waals surface area contributed by atoms with E-state index in [4.69, 9.17) is 21.6 Å². The van der Waals surface area contributed by atoms with Gasteiger partial charge in [-0.1, -0.05) is 0 Å². The molecule has 98 valence electrons. The Bertz CT molecular complexity index is 471. The van der Waals surface area contributed by atoms with Crippen molar-refractivity contribution in [2.45, 2.75) is 18.7 Å². The summed E-state index contributed by atoms with van der Waals surface area (Å²) in [6.45, 7) is 0. The fourth-order valence-corrected chi connectivity index (χ4v) is 1.55. The molecule has 0 aliphatic rings. The summed E-state index contributed by atoms with van der Waals surface area (Å²) in [5.41, 5.74) is -0.122. The summed E-state index contributed by atoms with van der Waals surface area (Å²) in [7, 11) is 1.27. The number of nitrogens with zero attached hydrogens (tertiary/aromatic N) is 2. The van der Waals surface area contributed by atoms with Crippen LogP contribution in [0.25, 0.3) is 0 Å². The van der Waals surface area contributed by atoms with E-state index in [9.17, 15) is 13.2 Å². The number of pyridine rings is 1. The molecule has 0 unspecified atom stereocenters. The lowest BCUT2D eigenvalue weighted by molar-refractivity contribution is -0.275. The zero-order chi connectivity index (χ0) is 13.8. The van der Waals surface area contributed by atoms with E-state index in [0.717, 1.165) is 0 Å². The van der Waals surface area contributed by atoms with Crippen LogP contribution in [-0.4, -0.2) is 18.5 Å². The van der Waals surface area contributed by atoms with E-state index >= 15 is 0 Å². The van der Waals surface area contributed by atoms with E-state index in [2.05, 4.69) is 9.72 Å². The summed E-state index contributed by atoms with van der Waals surface area (Å²) in [5.74, 6) is -0.750. The van der Waals surface area contributed by atoms with E-state index in [1.807, 2.05) is 0 Å². The molecule has 1 heterocycles. The fourth-order valence-electron chi connectivity index (χ4n) is 1.30. The van der Waals surface area contributed by atoms with E-state index in [0.29, 0.717) is 0 Å². The third-order valence-corrected chi connectivity index (χ3v) is 2.26. The summed E-state index contributed by atoms with van der Waals surface area (Å²) < 4.78 is 45.6. The molecule has 1 rings (SSSR count). The van der Waals surface area contributed by atoms with Crippen molar-refractivity contribution >= 4 is 11.6 Å².